The zero-order valence-corrected chi connectivity index (χ0v) is 12.8. The third-order valence-electron chi connectivity index (χ3n) is 2.78. The minimum absolute atomic E-state index is 0.142. The lowest BCUT2D eigenvalue weighted by Crippen LogP contribution is -2.30. The molecule has 0 unspecified atom stereocenters. The number of hydrogen-bond acceptors (Lipinski definition) is 3. The molecule has 110 valence electrons. The Morgan fingerprint density at radius 1 is 1.38 bits per heavy atom. The normalized spacial score (nSPS) is 10.2. The average Bonchev–Trinajstić information content (AvgIpc) is 2.93. The molecule has 0 spiro atoms. The summed E-state index contributed by atoms with van der Waals surface area (Å²) in [6.07, 6.45) is 1.54. The van der Waals surface area contributed by atoms with Gasteiger partial charge in [-0.25, -0.2) is 9.59 Å². The van der Waals surface area contributed by atoms with Crippen molar-refractivity contribution < 1.29 is 19.1 Å². The van der Waals surface area contributed by atoms with Crippen LogP contribution >= 0.6 is 15.9 Å². The summed E-state index contributed by atoms with van der Waals surface area (Å²) in [5.74, 6) is -0.351. The van der Waals surface area contributed by atoms with Gasteiger partial charge in [-0.2, -0.15) is 0 Å². The standard InChI is InChI=1S/C14H13BrN2O4/c1-17(8-10-3-2-6-21-10)14(20)16-12-5-4-9(13(18)19)7-11(12)15/h2-7H,8H2,1H3,(H,16,20)(H,18,19). The summed E-state index contributed by atoms with van der Waals surface area (Å²) < 4.78 is 5.68. The van der Waals surface area contributed by atoms with Gasteiger partial charge >= 0.3 is 12.0 Å². The number of anilines is 1. The monoisotopic (exact) mass is 352 g/mol. The van der Waals surface area contributed by atoms with E-state index in [1.807, 2.05) is 0 Å². The number of rotatable bonds is 4. The number of aromatic carboxylic acids is 1. The van der Waals surface area contributed by atoms with Crippen molar-refractivity contribution in [1.82, 2.24) is 4.90 Å². The molecule has 0 radical (unpaired) electrons. The third-order valence-corrected chi connectivity index (χ3v) is 3.43. The highest BCUT2D eigenvalue weighted by Crippen LogP contribution is 2.24. The fraction of sp³-hybridized carbons (Fsp3) is 0.143. The van der Waals surface area contributed by atoms with Crippen LogP contribution in [0.15, 0.2) is 45.5 Å². The van der Waals surface area contributed by atoms with Crippen molar-refractivity contribution >= 4 is 33.6 Å². The fourth-order valence-electron chi connectivity index (χ4n) is 1.67. The van der Waals surface area contributed by atoms with Crippen LogP contribution in [0.3, 0.4) is 0 Å². The van der Waals surface area contributed by atoms with Gasteiger partial charge in [0.05, 0.1) is 24.1 Å². The van der Waals surface area contributed by atoms with E-state index in [4.69, 9.17) is 9.52 Å². The zero-order valence-electron chi connectivity index (χ0n) is 11.2. The van der Waals surface area contributed by atoms with Gasteiger partial charge in [0.1, 0.15) is 5.76 Å². The number of nitrogens with zero attached hydrogens (tertiary/aromatic N) is 1. The molecule has 21 heavy (non-hydrogen) atoms. The Morgan fingerprint density at radius 3 is 2.71 bits per heavy atom. The Kier molecular flexibility index (Phi) is 4.64. The number of hydrogen-bond donors (Lipinski definition) is 2. The Labute approximate surface area is 129 Å². The molecule has 0 aliphatic heterocycles. The maximum absolute atomic E-state index is 12.0. The van der Waals surface area contributed by atoms with E-state index in [9.17, 15) is 9.59 Å². The highest BCUT2D eigenvalue weighted by molar-refractivity contribution is 9.10. The van der Waals surface area contributed by atoms with E-state index in [1.165, 1.54) is 23.1 Å². The largest absolute Gasteiger partial charge is 0.478 e. The summed E-state index contributed by atoms with van der Waals surface area (Å²) in [6, 6.07) is 7.60. The Balaban J connectivity index is 2.03. The first kappa shape index (κ1) is 15.1. The van der Waals surface area contributed by atoms with Crippen LogP contribution in [0.4, 0.5) is 10.5 Å². The minimum atomic E-state index is -1.02. The Hall–Kier alpha value is -2.28. The van der Waals surface area contributed by atoms with Crippen molar-refractivity contribution in [3.05, 3.63) is 52.4 Å². The van der Waals surface area contributed by atoms with Gasteiger partial charge in [-0.3, -0.25) is 0 Å². The number of urea groups is 1. The number of amides is 2. The van der Waals surface area contributed by atoms with Crippen LogP contribution in [0, 0.1) is 0 Å². The summed E-state index contributed by atoms with van der Waals surface area (Å²) in [4.78, 5) is 24.3. The topological polar surface area (TPSA) is 82.8 Å². The lowest BCUT2D eigenvalue weighted by molar-refractivity contribution is 0.0697. The molecule has 0 saturated carbocycles. The summed E-state index contributed by atoms with van der Waals surface area (Å²) >= 11 is 3.24. The molecule has 7 heteroatoms. The van der Waals surface area contributed by atoms with Gasteiger partial charge in [0.2, 0.25) is 0 Å². The van der Waals surface area contributed by atoms with Crippen molar-refractivity contribution in [1.29, 1.82) is 0 Å². The molecule has 0 aliphatic rings. The maximum atomic E-state index is 12.0. The van der Waals surface area contributed by atoms with E-state index in [2.05, 4.69) is 21.2 Å². The first-order valence-electron chi connectivity index (χ1n) is 6.04. The van der Waals surface area contributed by atoms with Crippen molar-refractivity contribution in [2.24, 2.45) is 0 Å². The van der Waals surface area contributed by atoms with E-state index in [1.54, 1.807) is 25.4 Å². The van der Waals surface area contributed by atoms with Crippen LogP contribution in [-0.4, -0.2) is 29.1 Å². The predicted molar refractivity (Wildman–Crippen MR) is 80.3 cm³/mol. The number of halogens is 1. The van der Waals surface area contributed by atoms with E-state index in [-0.39, 0.29) is 11.6 Å². The molecule has 0 fully saturated rings. The molecule has 1 heterocycles. The second-order valence-electron chi connectivity index (χ2n) is 4.37. The van der Waals surface area contributed by atoms with Gasteiger partial charge in [0.25, 0.3) is 0 Å². The molecule has 6 nitrogen and oxygen atoms in total. The molecule has 0 aliphatic carbocycles. The highest BCUT2D eigenvalue weighted by Gasteiger charge is 2.13. The average molecular weight is 353 g/mol. The lowest BCUT2D eigenvalue weighted by Gasteiger charge is -2.17. The Bertz CT molecular complexity index is 655. The number of carboxylic acids is 1. The van der Waals surface area contributed by atoms with Gasteiger partial charge in [-0.15, -0.1) is 0 Å². The van der Waals surface area contributed by atoms with Crippen molar-refractivity contribution in [2.75, 3.05) is 12.4 Å². The molecule has 0 bridgehead atoms. The van der Waals surface area contributed by atoms with Gasteiger partial charge in [-0.05, 0) is 46.3 Å². The van der Waals surface area contributed by atoms with Gasteiger partial charge in [0, 0.05) is 11.5 Å². The van der Waals surface area contributed by atoms with Gasteiger partial charge in [0.15, 0.2) is 0 Å². The fourth-order valence-corrected chi connectivity index (χ4v) is 2.15. The molecule has 2 aromatic rings. The molecule has 2 rings (SSSR count). The van der Waals surface area contributed by atoms with Crippen LogP contribution in [0.25, 0.3) is 0 Å². The second-order valence-corrected chi connectivity index (χ2v) is 5.22. The molecule has 2 N–H and O–H groups in total. The number of carboxylic acid groups (broad SMARTS) is 1. The highest BCUT2D eigenvalue weighted by atomic mass is 79.9. The molecule has 1 aromatic heterocycles. The van der Waals surface area contributed by atoms with Crippen LogP contribution in [0.2, 0.25) is 0 Å². The number of benzene rings is 1. The summed E-state index contributed by atoms with van der Waals surface area (Å²) in [5.41, 5.74) is 0.639. The summed E-state index contributed by atoms with van der Waals surface area (Å²) in [5, 5.41) is 11.6. The summed E-state index contributed by atoms with van der Waals surface area (Å²) in [7, 11) is 1.64. The molecule has 0 atom stereocenters. The first-order valence-corrected chi connectivity index (χ1v) is 6.84. The number of nitrogens with one attached hydrogen (secondary N) is 1. The van der Waals surface area contributed by atoms with E-state index >= 15 is 0 Å². The van der Waals surface area contributed by atoms with Crippen LogP contribution < -0.4 is 5.32 Å². The van der Waals surface area contributed by atoms with Crippen molar-refractivity contribution in [2.45, 2.75) is 6.54 Å². The van der Waals surface area contributed by atoms with Crippen molar-refractivity contribution in [3.63, 3.8) is 0 Å². The molecule has 1 aromatic carbocycles. The molecule has 2 amide bonds. The van der Waals surface area contributed by atoms with Crippen LogP contribution in [0.5, 0.6) is 0 Å². The van der Waals surface area contributed by atoms with Crippen molar-refractivity contribution in [3.8, 4) is 0 Å². The smallest absolute Gasteiger partial charge is 0.335 e. The molecule has 0 saturated heterocycles. The lowest BCUT2D eigenvalue weighted by atomic mass is 10.2. The van der Waals surface area contributed by atoms with Gasteiger partial charge in [-0.1, -0.05) is 0 Å². The zero-order chi connectivity index (χ0) is 15.4. The number of carbonyl (C=O) groups is 2. The second kappa shape index (κ2) is 6.45. The quantitative estimate of drug-likeness (QED) is 0.883. The van der Waals surface area contributed by atoms with Gasteiger partial charge < -0.3 is 19.7 Å². The number of furan rings is 1. The Morgan fingerprint density at radius 2 is 2.14 bits per heavy atom. The maximum Gasteiger partial charge on any atom is 0.335 e. The van der Waals surface area contributed by atoms with E-state index in [0.29, 0.717) is 22.5 Å². The SMILES string of the molecule is CN(Cc1ccco1)C(=O)Nc1ccc(C(=O)O)cc1Br. The van der Waals surface area contributed by atoms with Crippen LogP contribution in [0.1, 0.15) is 16.1 Å². The first-order chi connectivity index (χ1) is 9.97. The third kappa shape index (κ3) is 3.85. The van der Waals surface area contributed by atoms with E-state index < -0.39 is 5.97 Å². The molecular weight excluding hydrogens is 340 g/mol. The summed E-state index contributed by atoms with van der Waals surface area (Å²) in [6.45, 7) is 0.337. The predicted octanol–water partition coefficient (Wildman–Crippen LogP) is 3.40. The molecular formula is C14H13BrN2O4. The minimum Gasteiger partial charge on any atom is -0.478 e. The van der Waals surface area contributed by atoms with E-state index in [0.717, 1.165) is 0 Å². The number of carbonyl (C=O) groups excluding carboxylic acids is 1. The van der Waals surface area contributed by atoms with Crippen LogP contribution in [-0.2, 0) is 6.54 Å².